The zero-order valence-corrected chi connectivity index (χ0v) is 14.9. The van der Waals surface area contributed by atoms with Crippen molar-refractivity contribution in [2.45, 2.75) is 47.1 Å². The molecule has 0 aromatic heterocycles. The lowest BCUT2D eigenvalue weighted by molar-refractivity contribution is -0.123. The molecule has 1 aromatic rings. The van der Waals surface area contributed by atoms with Gasteiger partial charge in [-0.15, -0.1) is 0 Å². The molecule has 0 heterocycles. The quantitative estimate of drug-likeness (QED) is 0.746. The summed E-state index contributed by atoms with van der Waals surface area (Å²) in [6.45, 7) is 9.26. The fourth-order valence-corrected chi connectivity index (χ4v) is 2.03. The smallest absolute Gasteiger partial charge is 0.254 e. The molecule has 24 heavy (non-hydrogen) atoms. The molecule has 0 aliphatic heterocycles. The number of hydrogen-bond donors (Lipinski definition) is 3. The summed E-state index contributed by atoms with van der Waals surface area (Å²) in [5.41, 5.74) is -0.416. The highest BCUT2D eigenvalue weighted by atomic mass is 19.1. The summed E-state index contributed by atoms with van der Waals surface area (Å²) in [5, 5.41) is 15.0. The second-order valence-electron chi connectivity index (χ2n) is 7.39. The van der Waals surface area contributed by atoms with Crippen LogP contribution in [0.25, 0.3) is 0 Å². The van der Waals surface area contributed by atoms with E-state index in [1.54, 1.807) is 20.8 Å². The Balaban J connectivity index is 2.78. The minimum absolute atomic E-state index is 0.0506. The number of carbonyl (C=O) groups excluding carboxylic acids is 2. The van der Waals surface area contributed by atoms with E-state index in [9.17, 15) is 19.1 Å². The Morgan fingerprint density at radius 1 is 1.25 bits per heavy atom. The van der Waals surface area contributed by atoms with Gasteiger partial charge >= 0.3 is 0 Å². The summed E-state index contributed by atoms with van der Waals surface area (Å²) in [4.78, 5) is 24.1. The molecule has 1 aromatic carbocycles. The van der Waals surface area contributed by atoms with Crippen LogP contribution in [-0.2, 0) is 4.79 Å². The first-order valence-electron chi connectivity index (χ1n) is 8.08. The average molecular weight is 338 g/mol. The van der Waals surface area contributed by atoms with E-state index in [-0.39, 0.29) is 18.0 Å². The minimum Gasteiger partial charge on any atom is -0.391 e. The molecule has 0 saturated carbocycles. The van der Waals surface area contributed by atoms with Gasteiger partial charge < -0.3 is 15.7 Å². The Morgan fingerprint density at radius 2 is 1.88 bits per heavy atom. The highest BCUT2D eigenvalue weighted by Crippen LogP contribution is 2.19. The van der Waals surface area contributed by atoms with Crippen LogP contribution in [0.5, 0.6) is 0 Å². The molecule has 6 heteroatoms. The number of amides is 2. The molecule has 1 rings (SSSR count). The summed E-state index contributed by atoms with van der Waals surface area (Å²) in [6.07, 6.45) is -0.134. The predicted molar refractivity (Wildman–Crippen MR) is 92.3 cm³/mol. The van der Waals surface area contributed by atoms with Gasteiger partial charge in [0, 0.05) is 17.6 Å². The molecule has 1 atom stereocenters. The van der Waals surface area contributed by atoms with Gasteiger partial charge in [-0.1, -0.05) is 34.6 Å². The van der Waals surface area contributed by atoms with Crippen molar-refractivity contribution in [2.24, 2.45) is 11.3 Å². The Bertz CT molecular complexity index is 594. The van der Waals surface area contributed by atoms with E-state index in [4.69, 9.17) is 0 Å². The van der Waals surface area contributed by atoms with Gasteiger partial charge in [0.25, 0.3) is 5.91 Å². The molecule has 0 aliphatic rings. The van der Waals surface area contributed by atoms with Crippen molar-refractivity contribution in [1.82, 2.24) is 5.32 Å². The number of aliphatic hydroxyl groups is 1. The molecule has 0 saturated heterocycles. The number of carbonyl (C=O) groups is 2. The fourth-order valence-electron chi connectivity index (χ4n) is 2.03. The van der Waals surface area contributed by atoms with Crippen molar-refractivity contribution < 1.29 is 19.1 Å². The summed E-state index contributed by atoms with van der Waals surface area (Å²) in [5.74, 6) is -1.24. The van der Waals surface area contributed by atoms with Crippen LogP contribution < -0.4 is 10.6 Å². The van der Waals surface area contributed by atoms with Gasteiger partial charge in [-0.05, 0) is 30.5 Å². The number of anilines is 1. The van der Waals surface area contributed by atoms with Gasteiger partial charge in [0.15, 0.2) is 0 Å². The van der Waals surface area contributed by atoms with Crippen LogP contribution in [0.2, 0.25) is 0 Å². The van der Waals surface area contributed by atoms with Crippen molar-refractivity contribution in [3.05, 3.63) is 29.6 Å². The van der Waals surface area contributed by atoms with Crippen LogP contribution in [0.3, 0.4) is 0 Å². The van der Waals surface area contributed by atoms with E-state index in [1.807, 2.05) is 13.8 Å². The maximum absolute atomic E-state index is 13.9. The van der Waals surface area contributed by atoms with E-state index >= 15 is 0 Å². The Labute approximate surface area is 142 Å². The lowest BCUT2D eigenvalue weighted by atomic mass is 9.95. The molecule has 0 radical (unpaired) electrons. The number of rotatable bonds is 6. The van der Waals surface area contributed by atoms with Gasteiger partial charge in [0.1, 0.15) is 5.82 Å². The van der Waals surface area contributed by atoms with Crippen LogP contribution in [0.1, 0.15) is 51.4 Å². The van der Waals surface area contributed by atoms with Crippen molar-refractivity contribution in [3.8, 4) is 0 Å². The van der Waals surface area contributed by atoms with E-state index in [0.717, 1.165) is 6.07 Å². The highest BCUT2D eigenvalue weighted by molar-refractivity contribution is 5.98. The summed E-state index contributed by atoms with van der Waals surface area (Å²) in [6, 6.07) is 3.84. The topological polar surface area (TPSA) is 78.4 Å². The third-order valence-electron chi connectivity index (χ3n) is 3.39. The Morgan fingerprint density at radius 3 is 2.42 bits per heavy atom. The second-order valence-corrected chi connectivity index (χ2v) is 7.39. The molecular weight excluding hydrogens is 311 g/mol. The van der Waals surface area contributed by atoms with Gasteiger partial charge in [-0.25, -0.2) is 4.39 Å². The highest BCUT2D eigenvalue weighted by Gasteiger charge is 2.22. The van der Waals surface area contributed by atoms with E-state index in [1.165, 1.54) is 12.1 Å². The van der Waals surface area contributed by atoms with Crippen molar-refractivity contribution in [2.75, 3.05) is 11.9 Å². The Kier molecular flexibility index (Phi) is 6.90. The SMILES string of the molecule is CC(C)CC(O)CNC(=O)c1cc(NC(=O)C(C)(C)C)ccc1F. The predicted octanol–water partition coefficient (Wildman–Crippen LogP) is 2.95. The fraction of sp³-hybridized carbons (Fsp3) is 0.556. The molecule has 0 bridgehead atoms. The van der Waals surface area contributed by atoms with Crippen molar-refractivity contribution in [3.63, 3.8) is 0 Å². The normalized spacial score (nSPS) is 12.8. The number of nitrogens with one attached hydrogen (secondary N) is 2. The molecule has 5 nitrogen and oxygen atoms in total. The monoisotopic (exact) mass is 338 g/mol. The van der Waals surface area contributed by atoms with E-state index in [0.29, 0.717) is 18.0 Å². The van der Waals surface area contributed by atoms with E-state index < -0.39 is 23.2 Å². The summed E-state index contributed by atoms with van der Waals surface area (Å²) >= 11 is 0. The van der Waals surface area contributed by atoms with Crippen LogP contribution >= 0.6 is 0 Å². The number of hydrogen-bond acceptors (Lipinski definition) is 3. The number of halogens is 1. The van der Waals surface area contributed by atoms with Crippen molar-refractivity contribution in [1.29, 1.82) is 0 Å². The molecule has 134 valence electrons. The minimum atomic E-state index is -0.681. The van der Waals surface area contributed by atoms with Crippen LogP contribution in [-0.4, -0.2) is 29.6 Å². The number of aliphatic hydroxyl groups excluding tert-OH is 1. The van der Waals surface area contributed by atoms with Crippen LogP contribution in [0.15, 0.2) is 18.2 Å². The van der Waals surface area contributed by atoms with Crippen LogP contribution in [0, 0.1) is 17.2 Å². The van der Waals surface area contributed by atoms with Crippen LogP contribution in [0.4, 0.5) is 10.1 Å². The first-order valence-corrected chi connectivity index (χ1v) is 8.08. The third kappa shape index (κ3) is 6.28. The van der Waals surface area contributed by atoms with Gasteiger partial charge in [0.2, 0.25) is 5.91 Å². The zero-order valence-electron chi connectivity index (χ0n) is 14.9. The van der Waals surface area contributed by atoms with Crippen molar-refractivity contribution >= 4 is 17.5 Å². The standard InChI is InChI=1S/C18H27FN2O3/c1-11(2)8-13(22)10-20-16(23)14-9-12(6-7-15(14)19)21-17(24)18(3,4)5/h6-7,9,11,13,22H,8,10H2,1-5H3,(H,20,23)(H,21,24). The Hall–Kier alpha value is -1.95. The molecule has 2 amide bonds. The summed E-state index contributed by atoms with van der Waals surface area (Å²) in [7, 11) is 0. The first kappa shape index (κ1) is 20.1. The largest absolute Gasteiger partial charge is 0.391 e. The zero-order chi connectivity index (χ0) is 18.5. The maximum Gasteiger partial charge on any atom is 0.254 e. The number of benzene rings is 1. The van der Waals surface area contributed by atoms with Gasteiger partial charge in [-0.3, -0.25) is 9.59 Å². The van der Waals surface area contributed by atoms with Gasteiger partial charge in [-0.2, -0.15) is 0 Å². The second kappa shape index (κ2) is 8.24. The lowest BCUT2D eigenvalue weighted by Crippen LogP contribution is -2.33. The summed E-state index contributed by atoms with van der Waals surface area (Å²) < 4.78 is 13.9. The molecule has 0 aliphatic carbocycles. The third-order valence-corrected chi connectivity index (χ3v) is 3.39. The average Bonchev–Trinajstić information content (AvgIpc) is 2.45. The molecule has 3 N–H and O–H groups in total. The molecule has 0 fully saturated rings. The van der Waals surface area contributed by atoms with Gasteiger partial charge in [0.05, 0.1) is 11.7 Å². The lowest BCUT2D eigenvalue weighted by Gasteiger charge is -2.18. The maximum atomic E-state index is 13.9. The molecule has 1 unspecified atom stereocenters. The molecular formula is C18H27FN2O3. The first-order chi connectivity index (χ1) is 11.0. The molecule has 0 spiro atoms. The van der Waals surface area contributed by atoms with E-state index in [2.05, 4.69) is 10.6 Å².